The number of hydrogen-bond donors (Lipinski definition) is 2. The summed E-state index contributed by atoms with van der Waals surface area (Å²) in [6.45, 7) is 5.90. The van der Waals surface area contributed by atoms with Gasteiger partial charge in [0.25, 0.3) is 0 Å². The maximum atomic E-state index is 10.00. The molecule has 0 saturated carbocycles. The average Bonchev–Trinajstić information content (AvgIpc) is 2.29. The Labute approximate surface area is 97.7 Å². The van der Waals surface area contributed by atoms with E-state index in [1.165, 1.54) is 18.4 Å². The van der Waals surface area contributed by atoms with Crippen LogP contribution in [-0.2, 0) is 5.60 Å². The van der Waals surface area contributed by atoms with Crippen molar-refractivity contribution in [2.24, 2.45) is 0 Å². The minimum absolute atomic E-state index is 0.656. The van der Waals surface area contributed by atoms with Crippen LogP contribution in [0.15, 0.2) is 24.3 Å². The first-order valence-electron chi connectivity index (χ1n) is 6.11. The zero-order chi connectivity index (χ0) is 11.6. The third kappa shape index (κ3) is 2.63. The summed E-state index contributed by atoms with van der Waals surface area (Å²) in [7, 11) is 0. The van der Waals surface area contributed by atoms with Crippen molar-refractivity contribution >= 4 is 0 Å². The fraction of sp³-hybridized carbons (Fsp3) is 0.571. The molecular formula is C14H21NO. The molecule has 0 spiro atoms. The topological polar surface area (TPSA) is 32.3 Å². The van der Waals surface area contributed by atoms with Crippen molar-refractivity contribution < 1.29 is 5.11 Å². The van der Waals surface area contributed by atoms with Crippen LogP contribution >= 0.6 is 0 Å². The van der Waals surface area contributed by atoms with E-state index in [1.807, 2.05) is 19.9 Å². The van der Waals surface area contributed by atoms with Crippen LogP contribution in [0.25, 0.3) is 0 Å². The van der Waals surface area contributed by atoms with Gasteiger partial charge in [0.15, 0.2) is 0 Å². The van der Waals surface area contributed by atoms with Crippen LogP contribution in [0.1, 0.15) is 43.7 Å². The molecule has 0 atom stereocenters. The lowest BCUT2D eigenvalue weighted by atomic mass is 9.87. The summed E-state index contributed by atoms with van der Waals surface area (Å²) in [5, 5.41) is 13.4. The van der Waals surface area contributed by atoms with Gasteiger partial charge in [0, 0.05) is 0 Å². The lowest BCUT2D eigenvalue weighted by Gasteiger charge is -2.25. The molecule has 0 bridgehead atoms. The van der Waals surface area contributed by atoms with E-state index in [2.05, 4.69) is 23.5 Å². The second-order valence-corrected chi connectivity index (χ2v) is 5.21. The molecule has 0 amide bonds. The molecule has 88 valence electrons. The van der Waals surface area contributed by atoms with Gasteiger partial charge < -0.3 is 10.4 Å². The summed E-state index contributed by atoms with van der Waals surface area (Å²) in [6.07, 6.45) is 2.41. The molecule has 1 fully saturated rings. The molecular weight excluding hydrogens is 198 g/mol. The monoisotopic (exact) mass is 219 g/mol. The van der Waals surface area contributed by atoms with Crippen LogP contribution in [0.3, 0.4) is 0 Å². The summed E-state index contributed by atoms with van der Waals surface area (Å²) in [4.78, 5) is 0. The summed E-state index contributed by atoms with van der Waals surface area (Å²) in [5.41, 5.74) is 1.66. The third-order valence-corrected chi connectivity index (χ3v) is 3.40. The van der Waals surface area contributed by atoms with E-state index in [0.717, 1.165) is 18.7 Å². The number of piperidine rings is 1. The summed E-state index contributed by atoms with van der Waals surface area (Å²) < 4.78 is 0. The molecule has 1 aliphatic rings. The maximum absolute atomic E-state index is 10.00. The molecule has 2 nitrogen and oxygen atoms in total. The number of nitrogens with one attached hydrogen (secondary N) is 1. The van der Waals surface area contributed by atoms with Gasteiger partial charge in [0.05, 0.1) is 5.60 Å². The van der Waals surface area contributed by atoms with E-state index in [9.17, 15) is 5.11 Å². The predicted octanol–water partition coefficient (Wildman–Crippen LogP) is 2.38. The van der Waals surface area contributed by atoms with E-state index in [4.69, 9.17) is 0 Å². The molecule has 1 aliphatic heterocycles. The molecule has 1 heterocycles. The van der Waals surface area contributed by atoms with Crippen molar-refractivity contribution in [1.29, 1.82) is 0 Å². The zero-order valence-electron chi connectivity index (χ0n) is 10.2. The van der Waals surface area contributed by atoms with Crippen LogP contribution in [0, 0.1) is 0 Å². The standard InChI is InChI=1S/C14H21NO/c1-14(2,16)13-5-3-4-12(10-13)11-6-8-15-9-7-11/h3-5,10-11,15-16H,6-9H2,1-2H3. The number of hydrogen-bond acceptors (Lipinski definition) is 2. The van der Waals surface area contributed by atoms with E-state index in [1.54, 1.807) is 0 Å². The van der Waals surface area contributed by atoms with Crippen molar-refractivity contribution in [3.05, 3.63) is 35.4 Å². The van der Waals surface area contributed by atoms with E-state index in [-0.39, 0.29) is 0 Å². The number of benzene rings is 1. The Morgan fingerprint density at radius 2 is 1.94 bits per heavy atom. The molecule has 0 radical (unpaired) electrons. The predicted molar refractivity (Wildman–Crippen MR) is 66.5 cm³/mol. The Hall–Kier alpha value is -0.860. The smallest absolute Gasteiger partial charge is 0.0840 e. The van der Waals surface area contributed by atoms with Crippen LogP contribution in [0.4, 0.5) is 0 Å². The Kier molecular flexibility index (Phi) is 3.31. The average molecular weight is 219 g/mol. The number of aliphatic hydroxyl groups is 1. The second kappa shape index (κ2) is 4.56. The highest BCUT2D eigenvalue weighted by molar-refractivity contribution is 5.30. The van der Waals surface area contributed by atoms with Crippen LogP contribution in [0.2, 0.25) is 0 Å². The highest BCUT2D eigenvalue weighted by atomic mass is 16.3. The Bertz CT molecular complexity index is 348. The molecule has 0 aromatic heterocycles. The molecule has 0 aliphatic carbocycles. The highest BCUT2D eigenvalue weighted by Gasteiger charge is 2.19. The van der Waals surface area contributed by atoms with Crippen molar-refractivity contribution in [2.75, 3.05) is 13.1 Å². The molecule has 1 saturated heterocycles. The van der Waals surface area contributed by atoms with Crippen molar-refractivity contribution in [3.8, 4) is 0 Å². The van der Waals surface area contributed by atoms with Gasteiger partial charge in [-0.1, -0.05) is 24.3 Å². The molecule has 2 N–H and O–H groups in total. The van der Waals surface area contributed by atoms with Crippen LogP contribution in [0.5, 0.6) is 0 Å². The summed E-state index contributed by atoms with van der Waals surface area (Å²) >= 11 is 0. The van der Waals surface area contributed by atoms with Gasteiger partial charge in [-0.3, -0.25) is 0 Å². The van der Waals surface area contributed by atoms with Gasteiger partial charge in [-0.05, 0) is 56.8 Å². The molecule has 2 heteroatoms. The highest BCUT2D eigenvalue weighted by Crippen LogP contribution is 2.28. The molecule has 1 aromatic carbocycles. The van der Waals surface area contributed by atoms with Gasteiger partial charge in [-0.2, -0.15) is 0 Å². The summed E-state index contributed by atoms with van der Waals surface area (Å²) in [6, 6.07) is 8.41. The number of rotatable bonds is 2. The molecule has 1 aromatic rings. The zero-order valence-corrected chi connectivity index (χ0v) is 10.2. The molecule has 16 heavy (non-hydrogen) atoms. The fourth-order valence-electron chi connectivity index (χ4n) is 2.33. The summed E-state index contributed by atoms with van der Waals surface area (Å²) in [5.74, 6) is 0.656. The first kappa shape index (κ1) is 11.6. The Balaban J connectivity index is 2.21. The normalized spacial score (nSPS) is 18.7. The van der Waals surface area contributed by atoms with Crippen LogP contribution in [-0.4, -0.2) is 18.2 Å². The lowest BCUT2D eigenvalue weighted by molar-refractivity contribution is 0.0785. The van der Waals surface area contributed by atoms with Gasteiger partial charge in [0.1, 0.15) is 0 Å². The minimum atomic E-state index is -0.733. The Morgan fingerprint density at radius 1 is 1.25 bits per heavy atom. The Morgan fingerprint density at radius 3 is 2.56 bits per heavy atom. The lowest BCUT2D eigenvalue weighted by Crippen LogP contribution is -2.26. The van der Waals surface area contributed by atoms with E-state index in [0.29, 0.717) is 5.92 Å². The second-order valence-electron chi connectivity index (χ2n) is 5.21. The van der Waals surface area contributed by atoms with Crippen molar-refractivity contribution in [2.45, 2.75) is 38.2 Å². The van der Waals surface area contributed by atoms with Gasteiger partial charge >= 0.3 is 0 Å². The van der Waals surface area contributed by atoms with Crippen molar-refractivity contribution in [3.63, 3.8) is 0 Å². The van der Waals surface area contributed by atoms with Crippen molar-refractivity contribution in [1.82, 2.24) is 5.32 Å². The van der Waals surface area contributed by atoms with Gasteiger partial charge in [0.2, 0.25) is 0 Å². The third-order valence-electron chi connectivity index (χ3n) is 3.40. The molecule has 0 unspecified atom stereocenters. The minimum Gasteiger partial charge on any atom is -0.386 e. The van der Waals surface area contributed by atoms with Gasteiger partial charge in [-0.25, -0.2) is 0 Å². The largest absolute Gasteiger partial charge is 0.386 e. The van der Waals surface area contributed by atoms with Gasteiger partial charge in [-0.15, -0.1) is 0 Å². The maximum Gasteiger partial charge on any atom is 0.0840 e. The molecule has 2 rings (SSSR count). The van der Waals surface area contributed by atoms with Crippen LogP contribution < -0.4 is 5.32 Å². The van der Waals surface area contributed by atoms with E-state index < -0.39 is 5.60 Å². The fourth-order valence-corrected chi connectivity index (χ4v) is 2.33. The first-order chi connectivity index (χ1) is 7.57. The van der Waals surface area contributed by atoms with E-state index >= 15 is 0 Å². The quantitative estimate of drug-likeness (QED) is 0.800. The SMILES string of the molecule is CC(C)(O)c1cccc(C2CCNCC2)c1. The first-order valence-corrected chi connectivity index (χ1v) is 6.11.